The summed E-state index contributed by atoms with van der Waals surface area (Å²) in [5.41, 5.74) is 8.36. The number of carbonyl (C=O) groups excluding carboxylic acids is 2. The van der Waals surface area contributed by atoms with Gasteiger partial charge in [0.15, 0.2) is 0 Å². The number of primary amides is 1. The normalized spacial score (nSPS) is 17.9. The molecule has 2 amide bonds. The van der Waals surface area contributed by atoms with E-state index in [2.05, 4.69) is 22.2 Å². The fourth-order valence-electron chi connectivity index (χ4n) is 3.52. The first-order valence-corrected chi connectivity index (χ1v) is 9.22. The third kappa shape index (κ3) is 4.54. The zero-order valence-corrected chi connectivity index (χ0v) is 15.9. The molecule has 3 rings (SSSR count). The zero-order chi connectivity index (χ0) is 19.4. The van der Waals surface area contributed by atoms with Gasteiger partial charge >= 0.3 is 0 Å². The molecule has 2 heterocycles. The Morgan fingerprint density at radius 2 is 1.96 bits per heavy atom. The van der Waals surface area contributed by atoms with Crippen molar-refractivity contribution in [3.8, 4) is 0 Å². The molecule has 1 unspecified atom stereocenters. The minimum Gasteiger partial charge on any atom is -0.368 e. The molecule has 2 aromatic rings. The molecule has 27 heavy (non-hydrogen) atoms. The molecule has 1 atom stereocenters. The molecule has 2 N–H and O–H groups in total. The maximum Gasteiger partial charge on any atom is 0.241 e. The molecule has 1 aromatic heterocycles. The van der Waals surface area contributed by atoms with Gasteiger partial charge in [0.2, 0.25) is 11.8 Å². The van der Waals surface area contributed by atoms with Gasteiger partial charge < -0.3 is 15.2 Å². The SMILES string of the molecule is Cc1noc(C)c1CC(=O)N1CCN(CCc2ccccc2)CC1C(N)=O. The number of piperazine rings is 1. The van der Waals surface area contributed by atoms with E-state index in [-0.39, 0.29) is 12.3 Å². The highest BCUT2D eigenvalue weighted by Gasteiger charge is 2.34. The summed E-state index contributed by atoms with van der Waals surface area (Å²) >= 11 is 0. The maximum absolute atomic E-state index is 12.8. The second-order valence-corrected chi connectivity index (χ2v) is 7.02. The van der Waals surface area contributed by atoms with Gasteiger partial charge in [-0.3, -0.25) is 14.5 Å². The molecule has 7 nitrogen and oxygen atoms in total. The molecule has 1 aromatic carbocycles. The topological polar surface area (TPSA) is 92.7 Å². The minimum atomic E-state index is -0.609. The number of hydrogen-bond donors (Lipinski definition) is 1. The number of aromatic nitrogens is 1. The van der Waals surface area contributed by atoms with Crippen LogP contribution in [0.25, 0.3) is 0 Å². The van der Waals surface area contributed by atoms with Crippen molar-refractivity contribution in [2.24, 2.45) is 5.73 Å². The molecule has 0 bridgehead atoms. The molecule has 0 saturated carbocycles. The molecular weight excluding hydrogens is 344 g/mol. The number of aryl methyl sites for hydroxylation is 2. The average Bonchev–Trinajstić information content (AvgIpc) is 2.99. The Balaban J connectivity index is 1.62. The summed E-state index contributed by atoms with van der Waals surface area (Å²) < 4.78 is 5.13. The third-order valence-corrected chi connectivity index (χ3v) is 5.18. The third-order valence-electron chi connectivity index (χ3n) is 5.18. The number of nitrogens with two attached hydrogens (primary N) is 1. The Kier molecular flexibility index (Phi) is 5.91. The van der Waals surface area contributed by atoms with E-state index in [4.69, 9.17) is 10.3 Å². The van der Waals surface area contributed by atoms with E-state index in [1.165, 1.54) is 5.56 Å². The molecule has 1 saturated heterocycles. The summed E-state index contributed by atoms with van der Waals surface area (Å²) in [6, 6.07) is 9.61. The molecule has 0 aliphatic carbocycles. The van der Waals surface area contributed by atoms with Gasteiger partial charge in [-0.25, -0.2) is 0 Å². The van der Waals surface area contributed by atoms with E-state index in [1.807, 2.05) is 25.1 Å². The van der Waals surface area contributed by atoms with Crippen molar-refractivity contribution in [2.75, 3.05) is 26.2 Å². The van der Waals surface area contributed by atoms with Crippen molar-refractivity contribution >= 4 is 11.8 Å². The Bertz CT molecular complexity index is 783. The summed E-state index contributed by atoms with van der Waals surface area (Å²) in [7, 11) is 0. The van der Waals surface area contributed by atoms with Crippen LogP contribution in [0.1, 0.15) is 22.6 Å². The molecule has 144 valence electrons. The van der Waals surface area contributed by atoms with Crippen LogP contribution in [0.4, 0.5) is 0 Å². The van der Waals surface area contributed by atoms with Gasteiger partial charge in [0.1, 0.15) is 11.8 Å². The molecule has 1 aliphatic rings. The number of benzene rings is 1. The monoisotopic (exact) mass is 370 g/mol. The second kappa shape index (κ2) is 8.35. The average molecular weight is 370 g/mol. The van der Waals surface area contributed by atoms with Gasteiger partial charge in [-0.1, -0.05) is 35.5 Å². The van der Waals surface area contributed by atoms with Crippen LogP contribution in [0, 0.1) is 13.8 Å². The van der Waals surface area contributed by atoms with Gasteiger partial charge in [0, 0.05) is 31.7 Å². The Morgan fingerprint density at radius 3 is 2.59 bits per heavy atom. The molecule has 1 fully saturated rings. The van der Waals surface area contributed by atoms with Crippen molar-refractivity contribution in [3.63, 3.8) is 0 Å². The largest absolute Gasteiger partial charge is 0.368 e. The fourth-order valence-corrected chi connectivity index (χ4v) is 3.52. The highest BCUT2D eigenvalue weighted by molar-refractivity contribution is 5.88. The van der Waals surface area contributed by atoms with E-state index in [0.29, 0.717) is 24.5 Å². The van der Waals surface area contributed by atoms with E-state index >= 15 is 0 Å². The lowest BCUT2D eigenvalue weighted by atomic mass is 10.1. The fraction of sp³-hybridized carbons (Fsp3) is 0.450. The molecule has 1 aliphatic heterocycles. The maximum atomic E-state index is 12.8. The standard InChI is InChI=1S/C20H26N4O3/c1-14-17(15(2)27-22-14)12-19(25)24-11-10-23(13-18(24)20(21)26)9-8-16-6-4-3-5-7-16/h3-7,18H,8-13H2,1-2H3,(H2,21,26). The zero-order valence-electron chi connectivity index (χ0n) is 15.9. The molecule has 0 radical (unpaired) electrons. The van der Waals surface area contributed by atoms with Crippen LogP contribution >= 0.6 is 0 Å². The number of rotatable bonds is 6. The highest BCUT2D eigenvalue weighted by Crippen LogP contribution is 2.17. The van der Waals surface area contributed by atoms with Crippen LogP contribution < -0.4 is 5.73 Å². The Morgan fingerprint density at radius 1 is 1.22 bits per heavy atom. The summed E-state index contributed by atoms with van der Waals surface area (Å²) in [5.74, 6) is 0.0559. The van der Waals surface area contributed by atoms with Crippen LogP contribution in [0.5, 0.6) is 0 Å². The molecule has 7 heteroatoms. The molecular formula is C20H26N4O3. The van der Waals surface area contributed by atoms with E-state index in [9.17, 15) is 9.59 Å². The van der Waals surface area contributed by atoms with Crippen LogP contribution in [0.2, 0.25) is 0 Å². The highest BCUT2D eigenvalue weighted by atomic mass is 16.5. The van der Waals surface area contributed by atoms with Gasteiger partial charge in [0.25, 0.3) is 0 Å². The summed E-state index contributed by atoms with van der Waals surface area (Å²) in [5, 5.41) is 3.89. The van der Waals surface area contributed by atoms with Crippen molar-refractivity contribution in [2.45, 2.75) is 32.7 Å². The molecule has 0 spiro atoms. The van der Waals surface area contributed by atoms with Crippen LogP contribution in [-0.4, -0.2) is 59.0 Å². The quantitative estimate of drug-likeness (QED) is 0.821. The van der Waals surface area contributed by atoms with Crippen molar-refractivity contribution in [1.82, 2.24) is 15.0 Å². The van der Waals surface area contributed by atoms with Gasteiger partial charge in [-0.2, -0.15) is 0 Å². The number of amides is 2. The van der Waals surface area contributed by atoms with Crippen molar-refractivity contribution < 1.29 is 14.1 Å². The smallest absolute Gasteiger partial charge is 0.241 e. The summed E-state index contributed by atoms with van der Waals surface area (Å²) in [6.07, 6.45) is 1.08. The van der Waals surface area contributed by atoms with E-state index < -0.39 is 11.9 Å². The van der Waals surface area contributed by atoms with Crippen molar-refractivity contribution in [3.05, 3.63) is 52.9 Å². The lowest BCUT2D eigenvalue weighted by Crippen LogP contribution is -2.60. The number of carbonyl (C=O) groups is 2. The number of nitrogens with zero attached hydrogens (tertiary/aromatic N) is 3. The first-order chi connectivity index (χ1) is 13.0. The van der Waals surface area contributed by atoms with Gasteiger partial charge in [0.05, 0.1) is 12.1 Å². The number of hydrogen-bond acceptors (Lipinski definition) is 5. The Labute approximate surface area is 159 Å². The Hall–Kier alpha value is -2.67. The van der Waals surface area contributed by atoms with Crippen molar-refractivity contribution in [1.29, 1.82) is 0 Å². The van der Waals surface area contributed by atoms with E-state index in [0.717, 1.165) is 25.1 Å². The first-order valence-electron chi connectivity index (χ1n) is 9.22. The lowest BCUT2D eigenvalue weighted by molar-refractivity contribution is -0.142. The minimum absolute atomic E-state index is 0.115. The van der Waals surface area contributed by atoms with Crippen LogP contribution in [0.3, 0.4) is 0 Å². The van der Waals surface area contributed by atoms with Crippen LogP contribution in [0.15, 0.2) is 34.9 Å². The van der Waals surface area contributed by atoms with Crippen LogP contribution in [-0.2, 0) is 22.4 Å². The predicted octanol–water partition coefficient (Wildman–Crippen LogP) is 1.07. The van der Waals surface area contributed by atoms with Gasteiger partial charge in [-0.15, -0.1) is 0 Å². The van der Waals surface area contributed by atoms with E-state index in [1.54, 1.807) is 11.8 Å². The lowest BCUT2D eigenvalue weighted by Gasteiger charge is -2.40. The first kappa shape index (κ1) is 19.1. The summed E-state index contributed by atoms with van der Waals surface area (Å²) in [4.78, 5) is 28.6. The predicted molar refractivity (Wildman–Crippen MR) is 101 cm³/mol. The second-order valence-electron chi connectivity index (χ2n) is 7.02. The van der Waals surface area contributed by atoms with Gasteiger partial charge in [-0.05, 0) is 25.8 Å². The summed E-state index contributed by atoms with van der Waals surface area (Å²) in [6.45, 7) is 6.12.